The minimum Gasteiger partial charge on any atom is -0.481 e. The van der Waals surface area contributed by atoms with E-state index < -0.39 is 0 Å². The lowest BCUT2D eigenvalue weighted by atomic mass is 10.2. The molecule has 1 heterocycles. The SMILES string of the molecule is COc1ncc(Cl)cc1C=CC#N. The molecule has 13 heavy (non-hydrogen) atoms. The Kier molecular flexibility index (Phi) is 3.30. The standard InChI is InChI=1S/C9H7ClN2O/c1-13-9-7(3-2-4-11)5-8(10)6-12-9/h2-3,5-6H,1H3. The van der Waals surface area contributed by atoms with E-state index in [-0.39, 0.29) is 0 Å². The third kappa shape index (κ3) is 2.46. The first-order valence-electron chi connectivity index (χ1n) is 3.53. The Hall–Kier alpha value is -1.53. The number of aromatic nitrogens is 1. The average Bonchev–Trinajstić information content (AvgIpc) is 2.15. The molecule has 0 bridgehead atoms. The Morgan fingerprint density at radius 2 is 2.46 bits per heavy atom. The highest BCUT2D eigenvalue weighted by Gasteiger charge is 2.00. The average molecular weight is 195 g/mol. The van der Waals surface area contributed by atoms with Gasteiger partial charge in [0.25, 0.3) is 0 Å². The lowest BCUT2D eigenvalue weighted by Crippen LogP contribution is -1.90. The molecule has 0 N–H and O–H groups in total. The van der Waals surface area contributed by atoms with Crippen LogP contribution in [0.4, 0.5) is 0 Å². The van der Waals surface area contributed by atoms with Crippen LogP contribution >= 0.6 is 11.6 Å². The zero-order valence-electron chi connectivity index (χ0n) is 6.99. The van der Waals surface area contributed by atoms with Gasteiger partial charge >= 0.3 is 0 Å². The van der Waals surface area contributed by atoms with Crippen LogP contribution in [0.2, 0.25) is 5.02 Å². The summed E-state index contributed by atoms with van der Waals surface area (Å²) in [5.74, 6) is 0.455. The second-order valence-corrected chi connectivity index (χ2v) is 2.65. The summed E-state index contributed by atoms with van der Waals surface area (Å²) in [6.45, 7) is 0. The Labute approximate surface area is 81.2 Å². The molecule has 0 aliphatic carbocycles. The number of ether oxygens (including phenoxy) is 1. The fourth-order valence-corrected chi connectivity index (χ4v) is 1.03. The lowest BCUT2D eigenvalue weighted by Gasteiger charge is -2.02. The van der Waals surface area contributed by atoms with E-state index in [4.69, 9.17) is 21.6 Å². The quantitative estimate of drug-likeness (QED) is 0.679. The molecule has 0 atom stereocenters. The molecule has 4 heteroatoms. The van der Waals surface area contributed by atoms with Gasteiger partial charge in [-0.25, -0.2) is 4.98 Å². The number of halogens is 1. The Balaban J connectivity index is 3.10. The van der Waals surface area contributed by atoms with Crippen LogP contribution in [-0.2, 0) is 0 Å². The van der Waals surface area contributed by atoms with Crippen LogP contribution in [0, 0.1) is 11.3 Å². The third-order valence-corrected chi connectivity index (χ3v) is 1.58. The predicted molar refractivity (Wildman–Crippen MR) is 50.4 cm³/mol. The molecule has 0 aliphatic rings. The van der Waals surface area contributed by atoms with Gasteiger partial charge in [-0.15, -0.1) is 0 Å². The van der Waals surface area contributed by atoms with Crippen molar-refractivity contribution in [2.24, 2.45) is 0 Å². The van der Waals surface area contributed by atoms with Crippen molar-refractivity contribution in [1.29, 1.82) is 5.26 Å². The normalized spacial score (nSPS) is 9.92. The first-order valence-corrected chi connectivity index (χ1v) is 3.91. The number of hydrogen-bond acceptors (Lipinski definition) is 3. The number of allylic oxidation sites excluding steroid dienone is 1. The highest BCUT2D eigenvalue weighted by Crippen LogP contribution is 2.20. The summed E-state index contributed by atoms with van der Waals surface area (Å²) >= 11 is 5.72. The molecule has 0 saturated carbocycles. The molecule has 0 saturated heterocycles. The van der Waals surface area contributed by atoms with Crippen molar-refractivity contribution in [3.63, 3.8) is 0 Å². The zero-order valence-corrected chi connectivity index (χ0v) is 7.75. The van der Waals surface area contributed by atoms with Crippen LogP contribution in [0.1, 0.15) is 5.56 Å². The van der Waals surface area contributed by atoms with Crippen molar-refractivity contribution in [2.45, 2.75) is 0 Å². The minimum atomic E-state index is 0.455. The van der Waals surface area contributed by atoms with E-state index in [0.717, 1.165) is 0 Å². The Bertz CT molecular complexity index is 368. The van der Waals surface area contributed by atoms with Gasteiger partial charge in [0, 0.05) is 17.8 Å². The second-order valence-electron chi connectivity index (χ2n) is 2.21. The van der Waals surface area contributed by atoms with Crippen LogP contribution < -0.4 is 4.74 Å². The summed E-state index contributed by atoms with van der Waals surface area (Å²) in [7, 11) is 1.51. The van der Waals surface area contributed by atoms with Crippen molar-refractivity contribution in [1.82, 2.24) is 4.98 Å². The van der Waals surface area contributed by atoms with Crippen LogP contribution in [0.5, 0.6) is 5.88 Å². The summed E-state index contributed by atoms with van der Waals surface area (Å²) in [6.07, 6.45) is 4.43. The van der Waals surface area contributed by atoms with Crippen molar-refractivity contribution < 1.29 is 4.74 Å². The topological polar surface area (TPSA) is 45.9 Å². The van der Waals surface area contributed by atoms with E-state index >= 15 is 0 Å². The third-order valence-electron chi connectivity index (χ3n) is 1.38. The zero-order chi connectivity index (χ0) is 9.68. The maximum absolute atomic E-state index is 8.33. The lowest BCUT2D eigenvalue weighted by molar-refractivity contribution is 0.397. The summed E-state index contributed by atoms with van der Waals surface area (Å²) in [5, 5.41) is 8.84. The predicted octanol–water partition coefficient (Wildman–Crippen LogP) is 2.28. The largest absolute Gasteiger partial charge is 0.481 e. The van der Waals surface area contributed by atoms with E-state index in [2.05, 4.69) is 4.98 Å². The summed E-state index contributed by atoms with van der Waals surface area (Å²) < 4.78 is 4.97. The highest BCUT2D eigenvalue weighted by atomic mass is 35.5. The molecular weight excluding hydrogens is 188 g/mol. The van der Waals surface area contributed by atoms with Crippen molar-refractivity contribution >= 4 is 17.7 Å². The molecule has 66 valence electrons. The smallest absolute Gasteiger partial charge is 0.220 e. The van der Waals surface area contributed by atoms with E-state index in [1.165, 1.54) is 19.4 Å². The molecule has 0 amide bonds. The maximum atomic E-state index is 8.33. The van der Waals surface area contributed by atoms with Gasteiger partial charge in [-0.05, 0) is 12.1 Å². The first kappa shape index (κ1) is 9.56. The van der Waals surface area contributed by atoms with Gasteiger partial charge in [0.15, 0.2) is 0 Å². The van der Waals surface area contributed by atoms with Crippen LogP contribution in [0.15, 0.2) is 18.3 Å². The summed E-state index contributed by atoms with van der Waals surface area (Å²) in [4.78, 5) is 3.93. The Morgan fingerprint density at radius 3 is 3.08 bits per heavy atom. The van der Waals surface area contributed by atoms with Crippen molar-refractivity contribution in [3.8, 4) is 11.9 Å². The van der Waals surface area contributed by atoms with Gasteiger partial charge in [0.2, 0.25) is 5.88 Å². The number of hydrogen-bond donors (Lipinski definition) is 0. The van der Waals surface area contributed by atoms with Crippen LogP contribution in [0.3, 0.4) is 0 Å². The molecule has 3 nitrogen and oxygen atoms in total. The van der Waals surface area contributed by atoms with Gasteiger partial charge in [0.05, 0.1) is 18.2 Å². The molecule has 1 aromatic rings. The Morgan fingerprint density at radius 1 is 1.69 bits per heavy atom. The van der Waals surface area contributed by atoms with Crippen molar-refractivity contribution in [3.05, 3.63) is 28.9 Å². The van der Waals surface area contributed by atoms with Gasteiger partial charge < -0.3 is 4.74 Å². The number of nitrogens with zero attached hydrogens (tertiary/aromatic N) is 2. The molecule has 0 aromatic carbocycles. The fraction of sp³-hybridized carbons (Fsp3) is 0.111. The minimum absolute atomic E-state index is 0.455. The molecule has 1 rings (SSSR count). The van der Waals surface area contributed by atoms with Crippen LogP contribution in [0.25, 0.3) is 6.08 Å². The molecule has 0 unspecified atom stereocenters. The monoisotopic (exact) mass is 194 g/mol. The van der Waals surface area contributed by atoms with E-state index in [1.807, 2.05) is 6.07 Å². The summed E-state index contributed by atoms with van der Waals surface area (Å²) in [6, 6.07) is 3.56. The second kappa shape index (κ2) is 4.48. The molecule has 0 spiro atoms. The van der Waals surface area contributed by atoms with Gasteiger partial charge in [0.1, 0.15) is 0 Å². The number of pyridine rings is 1. The number of nitriles is 1. The van der Waals surface area contributed by atoms with Gasteiger partial charge in [-0.2, -0.15) is 5.26 Å². The molecular formula is C9H7ClN2O. The molecule has 0 radical (unpaired) electrons. The molecule has 0 fully saturated rings. The van der Waals surface area contributed by atoms with E-state index in [1.54, 1.807) is 12.1 Å². The number of methoxy groups -OCH3 is 1. The van der Waals surface area contributed by atoms with Crippen molar-refractivity contribution in [2.75, 3.05) is 7.11 Å². The van der Waals surface area contributed by atoms with Gasteiger partial charge in [-0.1, -0.05) is 11.6 Å². The van der Waals surface area contributed by atoms with Crippen LogP contribution in [-0.4, -0.2) is 12.1 Å². The first-order chi connectivity index (χ1) is 6.27. The summed E-state index contributed by atoms with van der Waals surface area (Å²) in [5.41, 5.74) is 0.691. The highest BCUT2D eigenvalue weighted by molar-refractivity contribution is 6.30. The van der Waals surface area contributed by atoms with Gasteiger partial charge in [-0.3, -0.25) is 0 Å². The molecule has 1 aromatic heterocycles. The molecule has 0 aliphatic heterocycles. The van der Waals surface area contributed by atoms with E-state index in [9.17, 15) is 0 Å². The van der Waals surface area contributed by atoms with E-state index in [0.29, 0.717) is 16.5 Å². The fourth-order valence-electron chi connectivity index (χ4n) is 0.859. The number of rotatable bonds is 2. The maximum Gasteiger partial charge on any atom is 0.220 e.